The molecule has 6 nitrogen and oxygen atoms in total. The number of rotatable bonds is 5. The lowest BCUT2D eigenvalue weighted by atomic mass is 9.68. The molecule has 39 heavy (non-hydrogen) atoms. The zero-order chi connectivity index (χ0) is 26.9. The largest absolute Gasteiger partial charge is 0.504 e. The third kappa shape index (κ3) is 3.12. The second-order valence-electron chi connectivity index (χ2n) is 10.7. The van der Waals surface area contributed by atoms with Crippen molar-refractivity contribution < 1.29 is 24.2 Å². The Morgan fingerprint density at radius 1 is 0.974 bits per heavy atom. The monoisotopic (exact) mass is 519 g/mol. The van der Waals surface area contributed by atoms with E-state index in [0.717, 1.165) is 41.3 Å². The van der Waals surface area contributed by atoms with Gasteiger partial charge in [-0.05, 0) is 65.6 Å². The van der Waals surface area contributed by atoms with E-state index in [9.17, 15) is 14.7 Å². The predicted octanol–water partition coefficient (Wildman–Crippen LogP) is 5.72. The Labute approximate surface area is 226 Å². The van der Waals surface area contributed by atoms with E-state index in [1.54, 1.807) is 19.2 Å². The van der Waals surface area contributed by atoms with Gasteiger partial charge in [0.2, 0.25) is 0 Å². The van der Waals surface area contributed by atoms with Crippen LogP contribution in [0.5, 0.6) is 17.2 Å². The molecule has 0 bridgehead atoms. The summed E-state index contributed by atoms with van der Waals surface area (Å²) < 4.78 is 10.9. The summed E-state index contributed by atoms with van der Waals surface area (Å²) in [5.41, 5.74) is 1.88. The fourth-order valence-electron chi connectivity index (χ4n) is 7.66. The molecule has 2 saturated heterocycles. The van der Waals surface area contributed by atoms with Gasteiger partial charge in [-0.2, -0.15) is 0 Å². The minimum atomic E-state index is -1.12. The molecule has 2 fully saturated rings. The van der Waals surface area contributed by atoms with Gasteiger partial charge in [-0.25, -0.2) is 0 Å². The molecule has 1 spiro atoms. The Morgan fingerprint density at radius 3 is 2.56 bits per heavy atom. The Hall–Kier alpha value is -4.16. The number of hydrogen-bond donors (Lipinski definition) is 1. The SMILES string of the molecule is COc1cccc(C(=O)C2C(c3ccc(O)c(OC)c3)C3CCCN3C23C(=O)c2cccc4cccc3c24)c1. The molecule has 0 saturated carbocycles. The van der Waals surface area contributed by atoms with Crippen molar-refractivity contribution in [1.82, 2.24) is 4.90 Å². The summed E-state index contributed by atoms with van der Waals surface area (Å²) in [6, 6.07) is 24.4. The van der Waals surface area contributed by atoms with Crippen LogP contribution in [0.15, 0.2) is 78.9 Å². The van der Waals surface area contributed by atoms with Crippen LogP contribution in [0.4, 0.5) is 0 Å². The Kier molecular flexibility index (Phi) is 5.32. The number of methoxy groups -OCH3 is 2. The van der Waals surface area contributed by atoms with Crippen LogP contribution in [0.1, 0.15) is 50.6 Å². The number of ether oxygens (including phenoxy) is 2. The number of ketones is 2. The first-order valence-corrected chi connectivity index (χ1v) is 13.4. The molecule has 6 heteroatoms. The molecule has 3 aliphatic rings. The van der Waals surface area contributed by atoms with Crippen molar-refractivity contribution in [3.63, 3.8) is 0 Å². The van der Waals surface area contributed by atoms with Gasteiger partial charge >= 0.3 is 0 Å². The molecule has 1 N–H and O–H groups in total. The van der Waals surface area contributed by atoms with E-state index in [4.69, 9.17) is 9.47 Å². The highest BCUT2D eigenvalue weighted by molar-refractivity contribution is 6.22. The number of carbonyl (C=O) groups is 2. The molecule has 0 aromatic heterocycles. The van der Waals surface area contributed by atoms with Gasteiger partial charge < -0.3 is 14.6 Å². The zero-order valence-electron chi connectivity index (χ0n) is 21.9. The second-order valence-corrected chi connectivity index (χ2v) is 10.7. The van der Waals surface area contributed by atoms with Gasteiger partial charge in [-0.15, -0.1) is 0 Å². The molecule has 2 aliphatic heterocycles. The van der Waals surface area contributed by atoms with Gasteiger partial charge in [0.25, 0.3) is 0 Å². The first-order valence-electron chi connectivity index (χ1n) is 13.4. The van der Waals surface area contributed by atoms with Gasteiger partial charge in [-0.3, -0.25) is 14.5 Å². The van der Waals surface area contributed by atoms with Crippen molar-refractivity contribution in [2.75, 3.05) is 20.8 Å². The first kappa shape index (κ1) is 23.9. The van der Waals surface area contributed by atoms with E-state index < -0.39 is 11.5 Å². The van der Waals surface area contributed by atoms with Gasteiger partial charge in [0, 0.05) is 23.1 Å². The summed E-state index contributed by atoms with van der Waals surface area (Å²) in [5.74, 6) is -0.0619. The summed E-state index contributed by atoms with van der Waals surface area (Å²) in [6.45, 7) is 0.731. The molecule has 0 radical (unpaired) electrons. The maximum atomic E-state index is 14.8. The molecule has 0 amide bonds. The number of hydrogen-bond acceptors (Lipinski definition) is 6. The van der Waals surface area contributed by atoms with Crippen molar-refractivity contribution in [2.45, 2.75) is 30.3 Å². The number of Topliss-reactive ketones (excluding diaryl/α,β-unsaturated/α-hetero) is 2. The Bertz CT molecular complexity index is 1660. The number of phenolic OH excluding ortho intramolecular Hbond substituents is 1. The van der Waals surface area contributed by atoms with Gasteiger partial charge in [-0.1, -0.05) is 54.6 Å². The maximum absolute atomic E-state index is 14.8. The number of carbonyl (C=O) groups excluding carboxylic acids is 2. The van der Waals surface area contributed by atoms with Gasteiger partial charge in [0.05, 0.1) is 20.1 Å². The molecular weight excluding hydrogens is 490 g/mol. The summed E-state index contributed by atoms with van der Waals surface area (Å²) in [7, 11) is 3.10. The van der Waals surface area contributed by atoms with E-state index in [1.807, 2.05) is 66.7 Å². The lowest BCUT2D eigenvalue weighted by Crippen LogP contribution is -2.51. The number of fused-ring (bicyclic) bond motifs is 3. The normalized spacial score (nSPS) is 25.4. The molecule has 2 heterocycles. The van der Waals surface area contributed by atoms with E-state index in [0.29, 0.717) is 22.6 Å². The lowest BCUT2D eigenvalue weighted by Gasteiger charge is -2.38. The van der Waals surface area contributed by atoms with Crippen LogP contribution in [0, 0.1) is 5.92 Å². The van der Waals surface area contributed by atoms with Gasteiger partial charge in [0.1, 0.15) is 11.3 Å². The predicted molar refractivity (Wildman–Crippen MR) is 148 cm³/mol. The molecule has 7 rings (SSSR count). The highest BCUT2D eigenvalue weighted by atomic mass is 16.5. The van der Waals surface area contributed by atoms with Crippen LogP contribution in [0.3, 0.4) is 0 Å². The fraction of sp³-hybridized carbons (Fsp3) is 0.273. The number of phenols is 1. The van der Waals surface area contributed by atoms with Crippen molar-refractivity contribution in [1.29, 1.82) is 0 Å². The number of aromatic hydroxyl groups is 1. The average Bonchev–Trinajstić information content (AvgIpc) is 3.63. The Balaban J connectivity index is 1.52. The summed E-state index contributed by atoms with van der Waals surface area (Å²) in [6.07, 6.45) is 1.81. The van der Waals surface area contributed by atoms with Crippen LogP contribution in [0.2, 0.25) is 0 Å². The molecular formula is C33H29NO5. The minimum absolute atomic E-state index is 0.00399. The van der Waals surface area contributed by atoms with Crippen LogP contribution in [0.25, 0.3) is 10.8 Å². The number of benzene rings is 4. The average molecular weight is 520 g/mol. The third-order valence-electron chi connectivity index (χ3n) is 9.11. The van der Waals surface area contributed by atoms with E-state index >= 15 is 0 Å². The minimum Gasteiger partial charge on any atom is -0.504 e. The van der Waals surface area contributed by atoms with E-state index in [2.05, 4.69) is 4.90 Å². The first-order chi connectivity index (χ1) is 19.0. The maximum Gasteiger partial charge on any atom is 0.189 e. The van der Waals surface area contributed by atoms with Crippen molar-refractivity contribution >= 4 is 22.3 Å². The van der Waals surface area contributed by atoms with Crippen molar-refractivity contribution in [3.8, 4) is 17.2 Å². The fourth-order valence-corrected chi connectivity index (χ4v) is 7.66. The van der Waals surface area contributed by atoms with Crippen molar-refractivity contribution in [2.24, 2.45) is 5.92 Å². The smallest absolute Gasteiger partial charge is 0.189 e. The molecule has 4 aromatic carbocycles. The summed E-state index contributed by atoms with van der Waals surface area (Å²) in [4.78, 5) is 31.9. The second kappa shape index (κ2) is 8.68. The molecule has 196 valence electrons. The van der Waals surface area contributed by atoms with Crippen LogP contribution < -0.4 is 9.47 Å². The van der Waals surface area contributed by atoms with E-state index in [-0.39, 0.29) is 29.3 Å². The van der Waals surface area contributed by atoms with Gasteiger partial charge in [0.15, 0.2) is 23.1 Å². The van der Waals surface area contributed by atoms with Crippen molar-refractivity contribution in [3.05, 3.63) is 101 Å². The number of nitrogens with zero attached hydrogens (tertiary/aromatic N) is 1. The highest BCUT2D eigenvalue weighted by Crippen LogP contribution is 2.62. The van der Waals surface area contributed by atoms with E-state index in [1.165, 1.54) is 7.11 Å². The summed E-state index contributed by atoms with van der Waals surface area (Å²) >= 11 is 0. The molecule has 4 atom stereocenters. The Morgan fingerprint density at radius 2 is 1.77 bits per heavy atom. The highest BCUT2D eigenvalue weighted by Gasteiger charge is 2.69. The lowest BCUT2D eigenvalue weighted by molar-refractivity contribution is 0.0519. The third-order valence-corrected chi connectivity index (χ3v) is 9.11. The molecule has 4 aromatic rings. The summed E-state index contributed by atoms with van der Waals surface area (Å²) in [5, 5.41) is 12.3. The quantitative estimate of drug-likeness (QED) is 0.340. The van der Waals surface area contributed by atoms with Crippen LogP contribution in [-0.4, -0.2) is 48.4 Å². The van der Waals surface area contributed by atoms with Crippen LogP contribution >= 0.6 is 0 Å². The zero-order valence-corrected chi connectivity index (χ0v) is 21.9. The molecule has 4 unspecified atom stereocenters. The molecule has 1 aliphatic carbocycles. The topological polar surface area (TPSA) is 76.1 Å². The standard InChI is InChI=1S/C33H29NO5/c1-38-22-10-3-9-21(17-22)31(36)30-29(20-14-15-26(35)27(18-20)39-2)25-13-6-16-34(25)33(30)24-12-5-8-19-7-4-11-23(28(19)24)32(33)37/h3-5,7-12,14-15,17-18,25,29-30,35H,6,13,16H2,1-2H3. The van der Waals surface area contributed by atoms with Crippen LogP contribution in [-0.2, 0) is 5.54 Å².